The number of nitrogens with one attached hydrogen (secondary N) is 1. The molecule has 0 aliphatic rings. The Labute approximate surface area is 109 Å². The summed E-state index contributed by atoms with van der Waals surface area (Å²) in [7, 11) is 1.92. The molecule has 0 bridgehead atoms. The summed E-state index contributed by atoms with van der Waals surface area (Å²) in [6.07, 6.45) is 2.04. The van der Waals surface area contributed by atoms with Crippen molar-refractivity contribution in [1.82, 2.24) is 9.97 Å². The smallest absolute Gasteiger partial charge is 0.133 e. The number of anilines is 2. The molecule has 0 amide bonds. The molecule has 0 atom stereocenters. The van der Waals surface area contributed by atoms with Crippen LogP contribution in [0.3, 0.4) is 0 Å². The lowest BCUT2D eigenvalue weighted by Gasteiger charge is -2.20. The van der Waals surface area contributed by atoms with E-state index in [1.807, 2.05) is 18.0 Å². The second kappa shape index (κ2) is 6.20. The van der Waals surface area contributed by atoms with E-state index in [2.05, 4.69) is 42.1 Å². The third-order valence-electron chi connectivity index (χ3n) is 2.40. The molecule has 0 fully saturated rings. The topological polar surface area (TPSA) is 64.8 Å². The Bertz CT molecular complexity index is 416. The first-order chi connectivity index (χ1) is 8.42. The SMILES string of the molecule is CN(CCC#N)c1cc(NCC(C)(C)C)ncn1. The average Bonchev–Trinajstić information content (AvgIpc) is 2.33. The van der Waals surface area contributed by atoms with Crippen LogP contribution < -0.4 is 10.2 Å². The Morgan fingerprint density at radius 1 is 1.39 bits per heavy atom. The van der Waals surface area contributed by atoms with Crippen LogP contribution in [0.25, 0.3) is 0 Å². The van der Waals surface area contributed by atoms with Gasteiger partial charge in [-0.2, -0.15) is 5.26 Å². The van der Waals surface area contributed by atoms with Crippen molar-refractivity contribution in [2.45, 2.75) is 27.2 Å². The predicted octanol–water partition coefficient (Wildman–Crippen LogP) is 2.28. The number of aromatic nitrogens is 2. The van der Waals surface area contributed by atoms with Gasteiger partial charge in [0.2, 0.25) is 0 Å². The van der Waals surface area contributed by atoms with Crippen molar-refractivity contribution < 1.29 is 0 Å². The Morgan fingerprint density at radius 2 is 2.11 bits per heavy atom. The molecule has 5 nitrogen and oxygen atoms in total. The van der Waals surface area contributed by atoms with Gasteiger partial charge in [-0.15, -0.1) is 0 Å². The van der Waals surface area contributed by atoms with Crippen LogP contribution in [-0.4, -0.2) is 30.1 Å². The van der Waals surface area contributed by atoms with Gasteiger partial charge in [0, 0.05) is 26.2 Å². The summed E-state index contributed by atoms with van der Waals surface area (Å²) in [5.74, 6) is 1.65. The Hall–Kier alpha value is -1.83. The average molecular weight is 247 g/mol. The molecule has 1 aromatic rings. The maximum atomic E-state index is 8.57. The summed E-state index contributed by atoms with van der Waals surface area (Å²) in [5, 5.41) is 11.9. The molecule has 0 saturated heterocycles. The lowest BCUT2D eigenvalue weighted by molar-refractivity contribution is 0.442. The highest BCUT2D eigenvalue weighted by molar-refractivity contribution is 5.48. The highest BCUT2D eigenvalue weighted by atomic mass is 15.2. The monoisotopic (exact) mass is 247 g/mol. The normalized spacial score (nSPS) is 10.8. The quantitative estimate of drug-likeness (QED) is 0.864. The molecular weight excluding hydrogens is 226 g/mol. The predicted molar refractivity (Wildman–Crippen MR) is 73.5 cm³/mol. The molecule has 1 N–H and O–H groups in total. The van der Waals surface area contributed by atoms with E-state index in [1.165, 1.54) is 0 Å². The van der Waals surface area contributed by atoms with Crippen molar-refractivity contribution >= 4 is 11.6 Å². The molecule has 0 unspecified atom stereocenters. The fourth-order valence-corrected chi connectivity index (χ4v) is 1.34. The summed E-state index contributed by atoms with van der Waals surface area (Å²) in [5.41, 5.74) is 0.206. The van der Waals surface area contributed by atoms with E-state index < -0.39 is 0 Å². The molecule has 5 heteroatoms. The third kappa shape index (κ3) is 5.00. The summed E-state index contributed by atoms with van der Waals surface area (Å²) >= 11 is 0. The minimum atomic E-state index is 0.206. The van der Waals surface area contributed by atoms with Gasteiger partial charge in [0.15, 0.2) is 0 Å². The second-order valence-electron chi connectivity index (χ2n) is 5.51. The number of nitriles is 1. The number of hydrogen-bond donors (Lipinski definition) is 1. The van der Waals surface area contributed by atoms with Gasteiger partial charge < -0.3 is 10.2 Å². The Morgan fingerprint density at radius 3 is 2.72 bits per heavy atom. The van der Waals surface area contributed by atoms with Crippen LogP contribution in [0.2, 0.25) is 0 Å². The van der Waals surface area contributed by atoms with Crippen molar-refractivity contribution in [3.8, 4) is 6.07 Å². The number of rotatable bonds is 5. The minimum Gasteiger partial charge on any atom is -0.369 e. The van der Waals surface area contributed by atoms with Crippen molar-refractivity contribution in [3.63, 3.8) is 0 Å². The molecule has 1 heterocycles. The molecule has 98 valence electrons. The lowest BCUT2D eigenvalue weighted by Crippen LogP contribution is -2.21. The van der Waals surface area contributed by atoms with Crippen molar-refractivity contribution in [1.29, 1.82) is 5.26 Å². The van der Waals surface area contributed by atoms with Crippen LogP contribution in [0.5, 0.6) is 0 Å². The van der Waals surface area contributed by atoms with E-state index in [1.54, 1.807) is 6.33 Å². The van der Waals surface area contributed by atoms with Crippen LogP contribution in [0, 0.1) is 16.7 Å². The molecule has 18 heavy (non-hydrogen) atoms. The lowest BCUT2D eigenvalue weighted by atomic mass is 9.97. The van der Waals surface area contributed by atoms with E-state index in [4.69, 9.17) is 5.26 Å². The van der Waals surface area contributed by atoms with Crippen LogP contribution in [0.1, 0.15) is 27.2 Å². The van der Waals surface area contributed by atoms with Crippen LogP contribution >= 0.6 is 0 Å². The molecule has 0 aliphatic heterocycles. The van der Waals surface area contributed by atoms with Gasteiger partial charge >= 0.3 is 0 Å². The van der Waals surface area contributed by atoms with Gasteiger partial charge in [-0.3, -0.25) is 0 Å². The zero-order chi connectivity index (χ0) is 13.6. The van der Waals surface area contributed by atoms with Gasteiger partial charge in [0.1, 0.15) is 18.0 Å². The molecule has 1 rings (SSSR count). The first-order valence-electron chi connectivity index (χ1n) is 6.06. The Balaban J connectivity index is 2.65. The van der Waals surface area contributed by atoms with Gasteiger partial charge in [-0.25, -0.2) is 9.97 Å². The van der Waals surface area contributed by atoms with Crippen LogP contribution in [0.4, 0.5) is 11.6 Å². The first kappa shape index (κ1) is 14.2. The molecule has 1 aromatic heterocycles. The van der Waals surface area contributed by atoms with Gasteiger partial charge in [0.05, 0.1) is 12.5 Å². The summed E-state index contributed by atoms with van der Waals surface area (Å²) in [6, 6.07) is 4.03. The standard InChI is InChI=1S/C13H21N5/c1-13(2,3)9-15-11-8-12(17-10-16-11)18(4)7-5-6-14/h8,10H,5,7,9H2,1-4H3,(H,15,16,17). The van der Waals surface area contributed by atoms with E-state index in [0.29, 0.717) is 13.0 Å². The van der Waals surface area contributed by atoms with Gasteiger partial charge in [-0.05, 0) is 5.41 Å². The molecule has 0 aliphatic carbocycles. The van der Waals surface area contributed by atoms with Crippen molar-refractivity contribution in [3.05, 3.63) is 12.4 Å². The zero-order valence-corrected chi connectivity index (χ0v) is 11.6. The molecular formula is C13H21N5. The Kier molecular flexibility index (Phi) is 4.90. The molecule has 0 radical (unpaired) electrons. The summed E-state index contributed by atoms with van der Waals surface area (Å²) < 4.78 is 0. The molecule has 0 saturated carbocycles. The minimum absolute atomic E-state index is 0.206. The largest absolute Gasteiger partial charge is 0.369 e. The third-order valence-corrected chi connectivity index (χ3v) is 2.40. The zero-order valence-electron chi connectivity index (χ0n) is 11.6. The van der Waals surface area contributed by atoms with E-state index in [-0.39, 0.29) is 5.41 Å². The fraction of sp³-hybridized carbons (Fsp3) is 0.615. The first-order valence-corrected chi connectivity index (χ1v) is 6.06. The van der Waals surface area contributed by atoms with Gasteiger partial charge in [-0.1, -0.05) is 20.8 Å². The maximum absolute atomic E-state index is 8.57. The fourth-order valence-electron chi connectivity index (χ4n) is 1.34. The van der Waals surface area contributed by atoms with Crippen LogP contribution in [-0.2, 0) is 0 Å². The van der Waals surface area contributed by atoms with E-state index in [9.17, 15) is 0 Å². The number of hydrogen-bond acceptors (Lipinski definition) is 5. The number of nitrogens with zero attached hydrogens (tertiary/aromatic N) is 4. The molecule has 0 aromatic carbocycles. The van der Waals surface area contributed by atoms with Crippen molar-refractivity contribution in [2.24, 2.45) is 5.41 Å². The van der Waals surface area contributed by atoms with Gasteiger partial charge in [0.25, 0.3) is 0 Å². The summed E-state index contributed by atoms with van der Waals surface area (Å²) in [6.45, 7) is 8.03. The maximum Gasteiger partial charge on any atom is 0.133 e. The molecule has 0 spiro atoms. The second-order valence-corrected chi connectivity index (χ2v) is 5.51. The summed E-state index contributed by atoms with van der Waals surface area (Å²) in [4.78, 5) is 10.3. The van der Waals surface area contributed by atoms with Crippen LogP contribution in [0.15, 0.2) is 12.4 Å². The highest BCUT2D eigenvalue weighted by Gasteiger charge is 2.10. The van der Waals surface area contributed by atoms with E-state index in [0.717, 1.165) is 18.2 Å². The van der Waals surface area contributed by atoms with E-state index >= 15 is 0 Å². The van der Waals surface area contributed by atoms with Crippen molar-refractivity contribution in [2.75, 3.05) is 30.4 Å². The highest BCUT2D eigenvalue weighted by Crippen LogP contribution is 2.16.